The molecule has 1 unspecified atom stereocenters. The lowest BCUT2D eigenvalue weighted by molar-refractivity contribution is -0.124. The van der Waals surface area contributed by atoms with Crippen molar-refractivity contribution in [1.29, 1.82) is 0 Å². The van der Waals surface area contributed by atoms with Crippen LogP contribution in [0.5, 0.6) is 5.75 Å². The maximum atomic E-state index is 11.7. The molecule has 0 spiro atoms. The first-order valence-electron chi connectivity index (χ1n) is 7.58. The number of likely N-dealkylation sites (N-methyl/N-ethyl adjacent to an activating group) is 1. The Labute approximate surface area is 126 Å². The van der Waals surface area contributed by atoms with E-state index in [0.29, 0.717) is 6.42 Å². The number of carbonyl (C=O) groups is 1. The molecule has 1 aliphatic heterocycles. The lowest BCUT2D eigenvalue weighted by atomic mass is 9.96. The van der Waals surface area contributed by atoms with E-state index in [2.05, 4.69) is 16.3 Å². The van der Waals surface area contributed by atoms with Crippen LogP contribution < -0.4 is 20.7 Å². The number of benzene rings is 1. The highest BCUT2D eigenvalue weighted by Crippen LogP contribution is 2.31. The average molecular weight is 291 g/mol. The lowest BCUT2D eigenvalue weighted by Crippen LogP contribution is -2.54. The first kappa shape index (κ1) is 15.6. The van der Waals surface area contributed by atoms with E-state index >= 15 is 0 Å². The number of hydrogen-bond donors (Lipinski definition) is 2. The zero-order chi connectivity index (χ0) is 15.3. The largest absolute Gasteiger partial charge is 0.491 e. The van der Waals surface area contributed by atoms with Gasteiger partial charge in [0.25, 0.3) is 0 Å². The summed E-state index contributed by atoms with van der Waals surface area (Å²) in [6, 6.07) is 8.05. The Bertz CT molecular complexity index is 492. The molecule has 0 aromatic heterocycles. The standard InChI is InChI=1S/C16H25N3O2/c1-3-18-16(2,15(17)20)9-11-19-10-6-12-21-14-8-5-4-7-13(14)19/h4-5,7-8,18H,3,6,9-12H2,1-2H3,(H2,17,20). The van der Waals surface area contributed by atoms with Crippen LogP contribution in [-0.2, 0) is 4.79 Å². The van der Waals surface area contributed by atoms with Crippen molar-refractivity contribution in [2.24, 2.45) is 5.73 Å². The molecule has 1 heterocycles. The molecule has 0 fully saturated rings. The monoisotopic (exact) mass is 291 g/mol. The SMILES string of the molecule is CCNC(C)(CCN1CCCOc2ccccc21)C(N)=O. The smallest absolute Gasteiger partial charge is 0.237 e. The molecule has 1 aromatic rings. The van der Waals surface area contributed by atoms with Gasteiger partial charge in [-0.25, -0.2) is 0 Å². The van der Waals surface area contributed by atoms with Gasteiger partial charge in [-0.15, -0.1) is 0 Å². The highest BCUT2D eigenvalue weighted by molar-refractivity contribution is 5.84. The number of fused-ring (bicyclic) bond motifs is 1. The second-order valence-corrected chi connectivity index (χ2v) is 5.63. The summed E-state index contributed by atoms with van der Waals surface area (Å²) in [5, 5.41) is 3.21. The third-order valence-corrected chi connectivity index (χ3v) is 4.03. The molecule has 3 N–H and O–H groups in total. The number of nitrogens with one attached hydrogen (secondary N) is 1. The quantitative estimate of drug-likeness (QED) is 0.834. The molecule has 1 aliphatic rings. The number of nitrogens with zero attached hydrogens (tertiary/aromatic N) is 1. The van der Waals surface area contributed by atoms with E-state index in [4.69, 9.17) is 10.5 Å². The number of rotatable bonds is 6. The van der Waals surface area contributed by atoms with Gasteiger partial charge >= 0.3 is 0 Å². The molecule has 0 aliphatic carbocycles. The summed E-state index contributed by atoms with van der Waals surface area (Å²) in [6.45, 7) is 7.01. The Kier molecular flexibility index (Phi) is 5.07. The molecule has 2 rings (SSSR count). The Morgan fingerprint density at radius 2 is 2.24 bits per heavy atom. The van der Waals surface area contributed by atoms with Crippen molar-refractivity contribution >= 4 is 11.6 Å². The third-order valence-electron chi connectivity index (χ3n) is 4.03. The van der Waals surface area contributed by atoms with Gasteiger partial charge < -0.3 is 20.7 Å². The Hall–Kier alpha value is -1.75. The fraction of sp³-hybridized carbons (Fsp3) is 0.562. The van der Waals surface area contributed by atoms with E-state index in [1.165, 1.54) is 0 Å². The Morgan fingerprint density at radius 1 is 1.48 bits per heavy atom. The molecule has 116 valence electrons. The second-order valence-electron chi connectivity index (χ2n) is 5.63. The number of para-hydroxylation sites is 2. The van der Waals surface area contributed by atoms with Crippen molar-refractivity contribution < 1.29 is 9.53 Å². The van der Waals surface area contributed by atoms with E-state index in [0.717, 1.165) is 44.1 Å². The first-order valence-corrected chi connectivity index (χ1v) is 7.58. The van der Waals surface area contributed by atoms with Crippen LogP contribution in [0.25, 0.3) is 0 Å². The Balaban J connectivity index is 2.10. The minimum Gasteiger partial charge on any atom is -0.491 e. The van der Waals surface area contributed by atoms with Crippen molar-refractivity contribution in [3.63, 3.8) is 0 Å². The van der Waals surface area contributed by atoms with Gasteiger partial charge in [-0.3, -0.25) is 4.79 Å². The summed E-state index contributed by atoms with van der Waals surface area (Å²) < 4.78 is 5.76. The van der Waals surface area contributed by atoms with Gasteiger partial charge in [-0.2, -0.15) is 0 Å². The van der Waals surface area contributed by atoms with E-state index in [1.807, 2.05) is 32.0 Å². The molecule has 0 saturated heterocycles. The second kappa shape index (κ2) is 6.80. The fourth-order valence-electron chi connectivity index (χ4n) is 2.68. The normalized spacial score (nSPS) is 17.3. The Morgan fingerprint density at radius 3 is 2.95 bits per heavy atom. The first-order chi connectivity index (χ1) is 10.1. The van der Waals surface area contributed by atoms with Crippen LogP contribution in [0.2, 0.25) is 0 Å². The third kappa shape index (κ3) is 3.67. The topological polar surface area (TPSA) is 67.6 Å². The van der Waals surface area contributed by atoms with Crippen LogP contribution in [0.4, 0.5) is 5.69 Å². The molecule has 1 atom stereocenters. The molecule has 0 radical (unpaired) electrons. The van der Waals surface area contributed by atoms with E-state index < -0.39 is 5.54 Å². The van der Waals surface area contributed by atoms with Crippen LogP contribution in [0.1, 0.15) is 26.7 Å². The van der Waals surface area contributed by atoms with Crippen LogP contribution in [-0.4, -0.2) is 37.7 Å². The van der Waals surface area contributed by atoms with Crippen molar-refractivity contribution in [2.45, 2.75) is 32.2 Å². The summed E-state index contributed by atoms with van der Waals surface area (Å²) >= 11 is 0. The average Bonchev–Trinajstić information content (AvgIpc) is 2.67. The van der Waals surface area contributed by atoms with Crippen LogP contribution in [0.3, 0.4) is 0 Å². The molecule has 5 nitrogen and oxygen atoms in total. The predicted molar refractivity (Wildman–Crippen MR) is 84.7 cm³/mol. The van der Waals surface area contributed by atoms with Gasteiger partial charge in [-0.1, -0.05) is 19.1 Å². The number of nitrogens with two attached hydrogens (primary N) is 1. The number of carbonyl (C=O) groups excluding carboxylic acids is 1. The molecular weight excluding hydrogens is 266 g/mol. The number of ether oxygens (including phenoxy) is 1. The summed E-state index contributed by atoms with van der Waals surface area (Å²) in [4.78, 5) is 14.0. The zero-order valence-corrected chi connectivity index (χ0v) is 12.9. The van der Waals surface area contributed by atoms with Gasteiger partial charge in [0.2, 0.25) is 5.91 Å². The van der Waals surface area contributed by atoms with Crippen LogP contribution in [0.15, 0.2) is 24.3 Å². The maximum absolute atomic E-state index is 11.7. The molecular formula is C16H25N3O2. The highest BCUT2D eigenvalue weighted by Gasteiger charge is 2.30. The van der Waals surface area contributed by atoms with E-state index in [1.54, 1.807) is 0 Å². The van der Waals surface area contributed by atoms with Gasteiger partial charge in [0.05, 0.1) is 17.8 Å². The molecule has 0 saturated carbocycles. The summed E-state index contributed by atoms with van der Waals surface area (Å²) in [7, 11) is 0. The van der Waals surface area contributed by atoms with E-state index in [-0.39, 0.29) is 5.91 Å². The number of primary amides is 1. The van der Waals surface area contributed by atoms with Crippen molar-refractivity contribution in [3.8, 4) is 5.75 Å². The van der Waals surface area contributed by atoms with Crippen molar-refractivity contribution in [2.75, 3.05) is 31.1 Å². The molecule has 1 aromatic carbocycles. The zero-order valence-electron chi connectivity index (χ0n) is 12.9. The minimum absolute atomic E-state index is 0.302. The van der Waals surface area contributed by atoms with Crippen molar-refractivity contribution in [1.82, 2.24) is 5.32 Å². The minimum atomic E-state index is -0.670. The summed E-state index contributed by atoms with van der Waals surface area (Å²) in [6.07, 6.45) is 1.65. The van der Waals surface area contributed by atoms with Gasteiger partial charge in [0.1, 0.15) is 5.75 Å². The highest BCUT2D eigenvalue weighted by atomic mass is 16.5. The van der Waals surface area contributed by atoms with E-state index in [9.17, 15) is 4.79 Å². The number of hydrogen-bond acceptors (Lipinski definition) is 4. The summed E-state index contributed by atoms with van der Waals surface area (Å²) in [5.41, 5.74) is 5.98. The maximum Gasteiger partial charge on any atom is 0.237 e. The number of anilines is 1. The van der Waals surface area contributed by atoms with Crippen LogP contribution >= 0.6 is 0 Å². The van der Waals surface area contributed by atoms with Crippen molar-refractivity contribution in [3.05, 3.63) is 24.3 Å². The van der Waals surface area contributed by atoms with Crippen LogP contribution in [0, 0.1) is 0 Å². The molecule has 5 heteroatoms. The molecule has 1 amide bonds. The van der Waals surface area contributed by atoms with Gasteiger partial charge in [0.15, 0.2) is 0 Å². The predicted octanol–water partition coefficient (Wildman–Crippen LogP) is 1.52. The fourth-order valence-corrected chi connectivity index (χ4v) is 2.68. The molecule has 0 bridgehead atoms. The molecule has 21 heavy (non-hydrogen) atoms. The number of amides is 1. The van der Waals surface area contributed by atoms with Gasteiger partial charge in [-0.05, 0) is 38.4 Å². The lowest BCUT2D eigenvalue weighted by Gasteiger charge is -2.31. The summed E-state index contributed by atoms with van der Waals surface area (Å²) in [5.74, 6) is 0.614. The van der Waals surface area contributed by atoms with Gasteiger partial charge in [0, 0.05) is 13.1 Å².